The molecule has 0 N–H and O–H groups in total. The molecule has 0 unspecified atom stereocenters. The maximum atomic E-state index is 11.9. The first-order valence-corrected chi connectivity index (χ1v) is 8.36. The Balaban J connectivity index is 4.80. The van der Waals surface area contributed by atoms with Crippen molar-refractivity contribution in [1.82, 2.24) is 4.90 Å². The quantitative estimate of drug-likeness (QED) is 0.255. The molecular formula is C17H27NO8. The predicted molar refractivity (Wildman–Crippen MR) is 90.2 cm³/mol. The number of hydrogen-bond donors (Lipinski definition) is 0. The monoisotopic (exact) mass is 373 g/mol. The molecular weight excluding hydrogens is 346 g/mol. The lowest BCUT2D eigenvalue weighted by Crippen LogP contribution is -2.31. The number of rotatable bonds is 13. The second-order valence-corrected chi connectivity index (χ2v) is 5.80. The van der Waals surface area contributed by atoms with Gasteiger partial charge in [0.25, 0.3) is 0 Å². The SMILES string of the molecule is CCOC(=O)CC(=O)CC(CC(=O)CC(=O)OCC)OC(=O)CN(C)C. The van der Waals surface area contributed by atoms with Crippen LogP contribution in [0.15, 0.2) is 0 Å². The first kappa shape index (κ1) is 23.7. The number of Topliss-reactive ketones (excluding diaryl/α,β-unsaturated/α-hetero) is 2. The van der Waals surface area contributed by atoms with Gasteiger partial charge in [0.05, 0.1) is 19.8 Å². The Bertz CT molecular complexity index is 481. The van der Waals surface area contributed by atoms with E-state index < -0.39 is 48.4 Å². The van der Waals surface area contributed by atoms with Crippen LogP contribution >= 0.6 is 0 Å². The zero-order chi connectivity index (χ0) is 20.1. The molecule has 0 spiro atoms. The van der Waals surface area contributed by atoms with Gasteiger partial charge >= 0.3 is 17.9 Å². The Morgan fingerprint density at radius 3 is 1.54 bits per heavy atom. The van der Waals surface area contributed by atoms with Crippen molar-refractivity contribution in [3.63, 3.8) is 0 Å². The third kappa shape index (κ3) is 12.1. The molecule has 0 aliphatic heterocycles. The van der Waals surface area contributed by atoms with Crippen LogP contribution in [0.5, 0.6) is 0 Å². The van der Waals surface area contributed by atoms with Gasteiger partial charge in [-0.05, 0) is 27.9 Å². The summed E-state index contributed by atoms with van der Waals surface area (Å²) in [4.78, 5) is 60.0. The molecule has 9 heteroatoms. The van der Waals surface area contributed by atoms with Crippen molar-refractivity contribution in [2.45, 2.75) is 45.6 Å². The fraction of sp³-hybridized carbons (Fsp3) is 0.706. The minimum Gasteiger partial charge on any atom is -0.466 e. The summed E-state index contributed by atoms with van der Waals surface area (Å²) >= 11 is 0. The molecule has 0 fully saturated rings. The number of hydrogen-bond acceptors (Lipinski definition) is 9. The molecule has 0 bridgehead atoms. The van der Waals surface area contributed by atoms with E-state index in [0.29, 0.717) is 0 Å². The van der Waals surface area contributed by atoms with Crippen LogP contribution in [0.25, 0.3) is 0 Å². The van der Waals surface area contributed by atoms with E-state index in [4.69, 9.17) is 4.74 Å². The highest BCUT2D eigenvalue weighted by atomic mass is 16.5. The number of nitrogens with zero attached hydrogens (tertiary/aromatic N) is 1. The highest BCUT2D eigenvalue weighted by Crippen LogP contribution is 2.11. The van der Waals surface area contributed by atoms with Crippen LogP contribution < -0.4 is 0 Å². The Hall–Kier alpha value is -2.29. The molecule has 0 radical (unpaired) electrons. The lowest BCUT2D eigenvalue weighted by atomic mass is 10.0. The summed E-state index contributed by atoms with van der Waals surface area (Å²) in [6, 6.07) is 0. The van der Waals surface area contributed by atoms with Crippen molar-refractivity contribution in [2.75, 3.05) is 33.9 Å². The van der Waals surface area contributed by atoms with Crippen LogP contribution in [0.1, 0.15) is 39.5 Å². The molecule has 0 rings (SSSR count). The first-order valence-electron chi connectivity index (χ1n) is 8.36. The topological polar surface area (TPSA) is 116 Å². The van der Waals surface area contributed by atoms with Gasteiger partial charge in [-0.3, -0.25) is 28.9 Å². The Kier molecular flexibility index (Phi) is 11.8. The smallest absolute Gasteiger partial charge is 0.320 e. The zero-order valence-corrected chi connectivity index (χ0v) is 15.7. The van der Waals surface area contributed by atoms with Crippen LogP contribution in [0, 0.1) is 0 Å². The van der Waals surface area contributed by atoms with Crippen molar-refractivity contribution in [1.29, 1.82) is 0 Å². The molecule has 9 nitrogen and oxygen atoms in total. The summed E-state index contributed by atoms with van der Waals surface area (Å²) in [6.45, 7) is 3.48. The summed E-state index contributed by atoms with van der Waals surface area (Å²) in [7, 11) is 3.32. The maximum absolute atomic E-state index is 11.9. The lowest BCUT2D eigenvalue weighted by Gasteiger charge is -2.18. The number of carbonyl (C=O) groups excluding carboxylic acids is 5. The molecule has 148 valence electrons. The molecule has 0 atom stereocenters. The summed E-state index contributed by atoms with van der Waals surface area (Å²) in [6.07, 6.45) is -2.62. The second kappa shape index (κ2) is 13.0. The van der Waals surface area contributed by atoms with Gasteiger partial charge in [0.1, 0.15) is 30.5 Å². The summed E-state index contributed by atoms with van der Waals surface area (Å²) < 4.78 is 14.5. The summed E-state index contributed by atoms with van der Waals surface area (Å²) in [5.41, 5.74) is 0. The van der Waals surface area contributed by atoms with Gasteiger partial charge < -0.3 is 14.2 Å². The normalized spacial score (nSPS) is 10.5. The van der Waals surface area contributed by atoms with Crippen LogP contribution in [-0.2, 0) is 38.2 Å². The molecule has 0 saturated heterocycles. The van der Waals surface area contributed by atoms with Crippen LogP contribution in [0.3, 0.4) is 0 Å². The second-order valence-electron chi connectivity index (χ2n) is 5.80. The molecule has 0 saturated carbocycles. The number of ether oxygens (including phenoxy) is 3. The summed E-state index contributed by atoms with van der Waals surface area (Å²) in [5.74, 6) is -3.03. The van der Waals surface area contributed by atoms with Gasteiger partial charge in [-0.1, -0.05) is 0 Å². The fourth-order valence-corrected chi connectivity index (χ4v) is 2.04. The average Bonchev–Trinajstić information content (AvgIpc) is 2.45. The van der Waals surface area contributed by atoms with E-state index >= 15 is 0 Å². The van der Waals surface area contributed by atoms with Gasteiger partial charge in [-0.25, -0.2) is 0 Å². The average molecular weight is 373 g/mol. The maximum Gasteiger partial charge on any atom is 0.320 e. The minimum absolute atomic E-state index is 0.0331. The molecule has 0 aromatic carbocycles. The van der Waals surface area contributed by atoms with E-state index in [1.54, 1.807) is 32.8 Å². The first-order chi connectivity index (χ1) is 12.2. The molecule has 0 aromatic rings. The van der Waals surface area contributed by atoms with E-state index in [1.165, 1.54) is 0 Å². The summed E-state index contributed by atoms with van der Waals surface area (Å²) in [5, 5.41) is 0. The van der Waals surface area contributed by atoms with E-state index in [1.807, 2.05) is 0 Å². The highest BCUT2D eigenvalue weighted by Gasteiger charge is 2.24. The van der Waals surface area contributed by atoms with Crippen molar-refractivity contribution in [2.24, 2.45) is 0 Å². The molecule has 0 heterocycles. The third-order valence-corrected chi connectivity index (χ3v) is 2.95. The number of esters is 3. The van der Waals surface area contributed by atoms with E-state index in [9.17, 15) is 24.0 Å². The largest absolute Gasteiger partial charge is 0.466 e. The van der Waals surface area contributed by atoms with Crippen LogP contribution in [-0.4, -0.2) is 74.3 Å². The van der Waals surface area contributed by atoms with E-state index in [0.717, 1.165) is 0 Å². The van der Waals surface area contributed by atoms with Crippen LogP contribution in [0.2, 0.25) is 0 Å². The highest BCUT2D eigenvalue weighted by molar-refractivity contribution is 5.98. The van der Waals surface area contributed by atoms with E-state index in [-0.39, 0.29) is 32.6 Å². The third-order valence-electron chi connectivity index (χ3n) is 2.95. The molecule has 0 amide bonds. The van der Waals surface area contributed by atoms with Gasteiger partial charge in [-0.15, -0.1) is 0 Å². The number of ketones is 2. The Morgan fingerprint density at radius 1 is 0.769 bits per heavy atom. The van der Waals surface area contributed by atoms with Crippen molar-refractivity contribution >= 4 is 29.5 Å². The number of likely N-dealkylation sites (N-methyl/N-ethyl adjacent to an activating group) is 1. The standard InChI is InChI=1S/C17H27NO8/c1-5-24-15(21)9-12(19)7-14(26-17(23)11-18(3)4)8-13(20)10-16(22)25-6-2/h14H,5-11H2,1-4H3. The Morgan fingerprint density at radius 2 is 1.19 bits per heavy atom. The molecule has 0 aromatic heterocycles. The van der Waals surface area contributed by atoms with E-state index in [2.05, 4.69) is 9.47 Å². The lowest BCUT2D eigenvalue weighted by molar-refractivity contribution is -0.152. The molecule has 0 aliphatic carbocycles. The van der Waals surface area contributed by atoms with Crippen molar-refractivity contribution < 1.29 is 38.2 Å². The van der Waals surface area contributed by atoms with Gasteiger partial charge in [0.2, 0.25) is 0 Å². The number of carbonyl (C=O) groups is 5. The zero-order valence-electron chi connectivity index (χ0n) is 15.7. The van der Waals surface area contributed by atoms with Crippen molar-refractivity contribution in [3.8, 4) is 0 Å². The molecule has 0 aliphatic rings. The van der Waals surface area contributed by atoms with Crippen LogP contribution in [0.4, 0.5) is 0 Å². The van der Waals surface area contributed by atoms with Gasteiger partial charge in [-0.2, -0.15) is 0 Å². The fourth-order valence-electron chi connectivity index (χ4n) is 2.04. The van der Waals surface area contributed by atoms with Crippen molar-refractivity contribution in [3.05, 3.63) is 0 Å². The predicted octanol–water partition coefficient (Wildman–Crippen LogP) is 0.285. The van der Waals surface area contributed by atoms with Gasteiger partial charge in [0.15, 0.2) is 0 Å². The van der Waals surface area contributed by atoms with Gasteiger partial charge in [0, 0.05) is 12.8 Å². The minimum atomic E-state index is -1.05. The Labute approximate surface area is 152 Å². The molecule has 26 heavy (non-hydrogen) atoms.